The molecular formula is C30H33ClFN3O4S. The van der Waals surface area contributed by atoms with Gasteiger partial charge in [0.25, 0.3) is 10.0 Å². The number of carbonyl (C=O) groups excluding carboxylic acids is 2. The third-order valence-electron chi connectivity index (χ3n) is 7.12. The van der Waals surface area contributed by atoms with Crippen molar-refractivity contribution < 1.29 is 22.4 Å². The number of amides is 2. The number of aryl methyl sites for hydroxylation is 1. The molecule has 0 saturated heterocycles. The Morgan fingerprint density at radius 3 is 2.30 bits per heavy atom. The minimum Gasteiger partial charge on any atom is -0.352 e. The van der Waals surface area contributed by atoms with Crippen molar-refractivity contribution in [2.75, 3.05) is 10.8 Å². The third kappa shape index (κ3) is 7.20. The predicted molar refractivity (Wildman–Crippen MR) is 154 cm³/mol. The summed E-state index contributed by atoms with van der Waals surface area (Å²) in [6, 6.07) is 17.4. The van der Waals surface area contributed by atoms with Crippen molar-refractivity contribution in [3.8, 4) is 0 Å². The van der Waals surface area contributed by atoms with Crippen molar-refractivity contribution in [2.45, 2.75) is 63.1 Å². The van der Waals surface area contributed by atoms with Crippen LogP contribution in [0.25, 0.3) is 0 Å². The quantitative estimate of drug-likeness (QED) is 0.342. The van der Waals surface area contributed by atoms with Crippen molar-refractivity contribution in [1.29, 1.82) is 0 Å². The van der Waals surface area contributed by atoms with E-state index in [1.807, 2.05) is 6.92 Å². The van der Waals surface area contributed by atoms with Crippen molar-refractivity contribution in [3.05, 3.63) is 94.8 Å². The first-order valence-corrected chi connectivity index (χ1v) is 15.1. The highest BCUT2D eigenvalue weighted by atomic mass is 35.5. The van der Waals surface area contributed by atoms with Crippen LogP contribution in [0, 0.1) is 12.7 Å². The molecule has 1 aliphatic rings. The highest BCUT2D eigenvalue weighted by molar-refractivity contribution is 7.92. The molecule has 0 radical (unpaired) electrons. The molecule has 7 nitrogen and oxygen atoms in total. The molecule has 10 heteroatoms. The van der Waals surface area contributed by atoms with Crippen molar-refractivity contribution >= 4 is 39.1 Å². The van der Waals surface area contributed by atoms with Crippen LogP contribution in [0.2, 0.25) is 5.02 Å². The van der Waals surface area contributed by atoms with Crippen LogP contribution in [0.15, 0.2) is 77.7 Å². The average Bonchev–Trinajstić information content (AvgIpc) is 3.44. The number of hydrogen-bond donors (Lipinski definition) is 1. The third-order valence-corrected chi connectivity index (χ3v) is 9.14. The molecule has 1 aliphatic carbocycles. The van der Waals surface area contributed by atoms with E-state index in [0.717, 1.165) is 35.6 Å². The Morgan fingerprint density at radius 2 is 1.68 bits per heavy atom. The van der Waals surface area contributed by atoms with Crippen LogP contribution in [-0.4, -0.2) is 43.8 Å². The van der Waals surface area contributed by atoms with Crippen LogP contribution in [0.4, 0.5) is 10.1 Å². The van der Waals surface area contributed by atoms with Gasteiger partial charge >= 0.3 is 0 Å². The highest BCUT2D eigenvalue weighted by Crippen LogP contribution is 2.27. The zero-order valence-electron chi connectivity index (χ0n) is 22.5. The Hall–Kier alpha value is -3.43. The molecule has 0 bridgehead atoms. The Kier molecular flexibility index (Phi) is 9.48. The lowest BCUT2D eigenvalue weighted by Crippen LogP contribution is -2.52. The van der Waals surface area contributed by atoms with E-state index in [-0.39, 0.29) is 29.1 Å². The second-order valence-corrected chi connectivity index (χ2v) is 12.4. The fourth-order valence-corrected chi connectivity index (χ4v) is 6.35. The standard InChI is InChI=1S/C30H33ClFN3O4S/c1-21-10-16-28(17-11-21)40(38,39)35(27-9-5-6-24(31)18-27)20-29(36)34(19-23-12-14-25(32)15-13-23)22(2)30(37)33-26-7-3-4-8-26/h5-6,9-18,22,26H,3-4,7-8,19-20H2,1-2H3,(H,33,37). The van der Waals surface area contributed by atoms with Gasteiger partial charge in [-0.15, -0.1) is 0 Å². The lowest BCUT2D eigenvalue weighted by molar-refractivity contribution is -0.139. The first-order valence-electron chi connectivity index (χ1n) is 13.2. The molecule has 1 N–H and O–H groups in total. The number of rotatable bonds is 10. The van der Waals surface area contributed by atoms with Gasteiger partial charge in [-0.3, -0.25) is 13.9 Å². The monoisotopic (exact) mass is 585 g/mol. The molecule has 0 heterocycles. The van der Waals surface area contributed by atoms with E-state index in [1.165, 1.54) is 47.4 Å². The first kappa shape index (κ1) is 29.6. The summed E-state index contributed by atoms with van der Waals surface area (Å²) in [6.07, 6.45) is 3.81. The zero-order valence-corrected chi connectivity index (χ0v) is 24.1. The molecule has 1 fully saturated rings. The molecule has 0 aromatic heterocycles. The number of anilines is 1. The maximum absolute atomic E-state index is 13.9. The summed E-state index contributed by atoms with van der Waals surface area (Å²) >= 11 is 6.20. The maximum atomic E-state index is 13.9. The fourth-order valence-electron chi connectivity index (χ4n) is 4.76. The molecule has 2 amide bonds. The van der Waals surface area contributed by atoms with Gasteiger partial charge in [0.15, 0.2) is 0 Å². The molecule has 3 aromatic carbocycles. The van der Waals surface area contributed by atoms with Crippen LogP contribution < -0.4 is 9.62 Å². The van der Waals surface area contributed by atoms with Crippen molar-refractivity contribution in [2.24, 2.45) is 0 Å². The summed E-state index contributed by atoms with van der Waals surface area (Å²) < 4.78 is 42.3. The second-order valence-electron chi connectivity index (χ2n) is 10.1. The molecule has 0 aliphatic heterocycles. The number of carbonyl (C=O) groups is 2. The minimum atomic E-state index is -4.18. The van der Waals surface area contributed by atoms with Crippen molar-refractivity contribution in [1.82, 2.24) is 10.2 Å². The Balaban J connectivity index is 1.68. The molecule has 1 atom stereocenters. The highest BCUT2D eigenvalue weighted by Gasteiger charge is 2.33. The second kappa shape index (κ2) is 12.8. The van der Waals surface area contributed by atoms with Crippen LogP contribution >= 0.6 is 11.6 Å². The average molecular weight is 586 g/mol. The lowest BCUT2D eigenvalue weighted by Gasteiger charge is -2.32. The van der Waals surface area contributed by atoms with Crippen LogP contribution in [0.5, 0.6) is 0 Å². The molecule has 40 heavy (non-hydrogen) atoms. The van der Waals surface area contributed by atoms with Gasteiger partial charge in [-0.2, -0.15) is 0 Å². The molecule has 4 rings (SSSR count). The van der Waals surface area contributed by atoms with Gasteiger partial charge in [-0.1, -0.05) is 60.3 Å². The molecular weight excluding hydrogens is 553 g/mol. The number of nitrogens with one attached hydrogen (secondary N) is 1. The van der Waals surface area contributed by atoms with Gasteiger partial charge in [0.1, 0.15) is 18.4 Å². The zero-order chi connectivity index (χ0) is 28.9. The number of benzene rings is 3. The number of hydrogen-bond acceptors (Lipinski definition) is 4. The van der Waals surface area contributed by atoms with E-state index < -0.39 is 34.3 Å². The largest absolute Gasteiger partial charge is 0.352 e. The van der Waals surface area contributed by atoms with Gasteiger partial charge in [0.2, 0.25) is 11.8 Å². The summed E-state index contributed by atoms with van der Waals surface area (Å²) in [6.45, 7) is 2.88. The number of halogens is 2. The smallest absolute Gasteiger partial charge is 0.264 e. The molecule has 1 saturated carbocycles. The summed E-state index contributed by atoms with van der Waals surface area (Å²) in [4.78, 5) is 28.5. The summed E-state index contributed by atoms with van der Waals surface area (Å²) in [5, 5.41) is 3.33. The van der Waals surface area contributed by atoms with E-state index in [0.29, 0.717) is 10.6 Å². The molecule has 1 unspecified atom stereocenters. The Labute approximate surface area is 240 Å². The van der Waals surface area contributed by atoms with Gasteiger partial charge < -0.3 is 10.2 Å². The maximum Gasteiger partial charge on any atom is 0.264 e. The summed E-state index contributed by atoms with van der Waals surface area (Å²) in [7, 11) is -4.18. The minimum absolute atomic E-state index is 0.00761. The predicted octanol–water partition coefficient (Wildman–Crippen LogP) is 5.46. The van der Waals surface area contributed by atoms with E-state index in [4.69, 9.17) is 11.6 Å². The van der Waals surface area contributed by atoms with E-state index >= 15 is 0 Å². The van der Waals surface area contributed by atoms with E-state index in [1.54, 1.807) is 37.3 Å². The van der Waals surface area contributed by atoms with Gasteiger partial charge in [0, 0.05) is 17.6 Å². The van der Waals surface area contributed by atoms with Crippen LogP contribution in [0.1, 0.15) is 43.7 Å². The topological polar surface area (TPSA) is 86.8 Å². The van der Waals surface area contributed by atoms with Gasteiger partial charge in [-0.05, 0) is 74.7 Å². The number of nitrogens with zero attached hydrogens (tertiary/aromatic N) is 2. The fraction of sp³-hybridized carbons (Fsp3) is 0.333. The lowest BCUT2D eigenvalue weighted by atomic mass is 10.1. The number of sulfonamides is 1. The van der Waals surface area contributed by atoms with Crippen LogP contribution in [-0.2, 0) is 26.2 Å². The van der Waals surface area contributed by atoms with Gasteiger partial charge in [0.05, 0.1) is 10.6 Å². The Morgan fingerprint density at radius 1 is 1.02 bits per heavy atom. The normalized spacial score (nSPS) is 14.5. The van der Waals surface area contributed by atoms with Crippen LogP contribution in [0.3, 0.4) is 0 Å². The molecule has 0 spiro atoms. The SMILES string of the molecule is Cc1ccc(S(=O)(=O)N(CC(=O)N(Cc2ccc(F)cc2)C(C)C(=O)NC2CCCC2)c2cccc(Cl)c2)cc1. The Bertz CT molecular complexity index is 1440. The molecule has 3 aromatic rings. The van der Waals surface area contributed by atoms with Gasteiger partial charge in [-0.25, -0.2) is 12.8 Å². The van der Waals surface area contributed by atoms with Crippen molar-refractivity contribution in [3.63, 3.8) is 0 Å². The van der Waals surface area contributed by atoms with E-state index in [2.05, 4.69) is 5.32 Å². The summed E-state index contributed by atoms with van der Waals surface area (Å²) in [5.41, 5.74) is 1.70. The van der Waals surface area contributed by atoms with E-state index in [9.17, 15) is 22.4 Å². The summed E-state index contributed by atoms with van der Waals surface area (Å²) in [5.74, 6) is -1.34. The molecule has 212 valence electrons. The first-order chi connectivity index (χ1) is 19.0.